The van der Waals surface area contributed by atoms with Crippen LogP contribution in [0.3, 0.4) is 0 Å². The van der Waals surface area contributed by atoms with Crippen molar-refractivity contribution >= 4 is 11.4 Å². The second kappa shape index (κ2) is 5.85. The zero-order valence-corrected chi connectivity index (χ0v) is 13.8. The van der Waals surface area contributed by atoms with E-state index in [2.05, 4.69) is 16.0 Å². The van der Waals surface area contributed by atoms with Gasteiger partial charge in [0.05, 0.1) is 22.7 Å². The van der Waals surface area contributed by atoms with Crippen molar-refractivity contribution in [2.45, 2.75) is 37.1 Å². The summed E-state index contributed by atoms with van der Waals surface area (Å²) >= 11 is 0. The number of piperidine rings is 1. The van der Waals surface area contributed by atoms with Gasteiger partial charge in [-0.3, -0.25) is 15.1 Å². The van der Waals surface area contributed by atoms with Gasteiger partial charge >= 0.3 is 0 Å². The number of fused-ring (bicyclic) bond motifs is 3. The largest absolute Gasteiger partial charge is 0.366 e. The van der Waals surface area contributed by atoms with E-state index in [1.165, 1.54) is 0 Å². The van der Waals surface area contributed by atoms with Gasteiger partial charge in [-0.15, -0.1) is 0 Å². The summed E-state index contributed by atoms with van der Waals surface area (Å²) in [6.07, 6.45) is 5.25. The standard InChI is InChI=1S/C19H18N4O2/c20-13-19(17-5-1-3-9-21-17)12-14-11-15(23(24)25)7-8-16(14)22-10-4-2-6-18(19)22/h1,3,5,7-9,11,18H,2,4,6,10,12H2. The van der Waals surface area contributed by atoms with Crippen LogP contribution >= 0.6 is 0 Å². The third-order valence-electron chi connectivity index (χ3n) is 5.45. The van der Waals surface area contributed by atoms with Gasteiger partial charge in [0.2, 0.25) is 0 Å². The van der Waals surface area contributed by atoms with Gasteiger partial charge in [-0.25, -0.2) is 0 Å². The Morgan fingerprint density at radius 1 is 1.32 bits per heavy atom. The van der Waals surface area contributed by atoms with Gasteiger partial charge < -0.3 is 4.90 Å². The SMILES string of the molecule is N#CC1(c2ccccn2)Cc2cc([N+](=O)[O-])ccc2N2CCCCC21. The summed E-state index contributed by atoms with van der Waals surface area (Å²) in [5.74, 6) is 0. The van der Waals surface area contributed by atoms with Crippen molar-refractivity contribution in [3.05, 3.63) is 64.0 Å². The van der Waals surface area contributed by atoms with E-state index in [0.717, 1.165) is 42.8 Å². The minimum absolute atomic E-state index is 0.0510. The highest BCUT2D eigenvalue weighted by molar-refractivity contribution is 5.64. The molecule has 3 heterocycles. The molecule has 4 rings (SSSR count). The molecule has 1 saturated heterocycles. The van der Waals surface area contributed by atoms with Crippen LogP contribution < -0.4 is 4.90 Å². The summed E-state index contributed by atoms with van der Waals surface area (Å²) in [4.78, 5) is 17.6. The molecule has 1 aromatic carbocycles. The van der Waals surface area contributed by atoms with Crippen LogP contribution in [-0.2, 0) is 11.8 Å². The molecule has 0 amide bonds. The summed E-state index contributed by atoms with van der Waals surface area (Å²) in [5.41, 5.74) is 1.94. The molecule has 0 N–H and O–H groups in total. The van der Waals surface area contributed by atoms with Gasteiger partial charge in [-0.2, -0.15) is 5.26 Å². The molecule has 0 radical (unpaired) electrons. The Morgan fingerprint density at radius 3 is 2.92 bits per heavy atom. The lowest BCUT2D eigenvalue weighted by Crippen LogP contribution is -2.57. The first-order valence-electron chi connectivity index (χ1n) is 8.52. The molecule has 6 heteroatoms. The lowest BCUT2D eigenvalue weighted by molar-refractivity contribution is -0.384. The topological polar surface area (TPSA) is 83.1 Å². The third kappa shape index (κ3) is 2.35. The molecular weight excluding hydrogens is 316 g/mol. The minimum atomic E-state index is -0.774. The Hall–Kier alpha value is -2.94. The zero-order chi connectivity index (χ0) is 17.4. The highest BCUT2D eigenvalue weighted by Crippen LogP contribution is 2.46. The van der Waals surface area contributed by atoms with Crippen molar-refractivity contribution in [2.24, 2.45) is 0 Å². The normalized spacial score (nSPS) is 24.8. The Labute approximate surface area is 145 Å². The molecule has 2 unspecified atom stereocenters. The number of hydrogen-bond acceptors (Lipinski definition) is 5. The molecule has 1 aromatic heterocycles. The second-order valence-electron chi connectivity index (χ2n) is 6.75. The highest BCUT2D eigenvalue weighted by atomic mass is 16.6. The molecular formula is C19H18N4O2. The fraction of sp³-hybridized carbons (Fsp3) is 0.368. The monoisotopic (exact) mass is 334 g/mol. The maximum absolute atomic E-state index is 11.2. The highest BCUT2D eigenvalue weighted by Gasteiger charge is 2.50. The van der Waals surface area contributed by atoms with Gasteiger partial charge in [-0.1, -0.05) is 6.07 Å². The van der Waals surface area contributed by atoms with Crippen molar-refractivity contribution in [3.8, 4) is 6.07 Å². The summed E-state index contributed by atoms with van der Waals surface area (Å²) in [5, 5.41) is 21.4. The van der Waals surface area contributed by atoms with E-state index in [9.17, 15) is 15.4 Å². The van der Waals surface area contributed by atoms with Crippen LogP contribution in [0.4, 0.5) is 11.4 Å². The quantitative estimate of drug-likeness (QED) is 0.621. The number of non-ortho nitro benzene ring substituents is 1. The minimum Gasteiger partial charge on any atom is -0.366 e. The van der Waals surface area contributed by atoms with Crippen LogP contribution in [0.1, 0.15) is 30.5 Å². The average Bonchev–Trinajstić information content (AvgIpc) is 2.67. The number of benzene rings is 1. The third-order valence-corrected chi connectivity index (χ3v) is 5.45. The summed E-state index contributed by atoms with van der Waals surface area (Å²) in [6.45, 7) is 0.867. The Kier molecular flexibility index (Phi) is 3.65. The first kappa shape index (κ1) is 15.6. The number of hydrogen-bond donors (Lipinski definition) is 0. The number of aromatic nitrogens is 1. The summed E-state index contributed by atoms with van der Waals surface area (Å²) < 4.78 is 0. The second-order valence-corrected chi connectivity index (χ2v) is 6.75. The van der Waals surface area contributed by atoms with Crippen molar-refractivity contribution in [1.82, 2.24) is 4.98 Å². The van der Waals surface area contributed by atoms with E-state index in [0.29, 0.717) is 6.42 Å². The number of nitriles is 1. The van der Waals surface area contributed by atoms with E-state index in [1.54, 1.807) is 18.3 Å². The Balaban J connectivity index is 1.90. The Bertz CT molecular complexity index is 861. The number of anilines is 1. The molecule has 6 nitrogen and oxygen atoms in total. The van der Waals surface area contributed by atoms with Crippen molar-refractivity contribution < 1.29 is 4.92 Å². The zero-order valence-electron chi connectivity index (χ0n) is 13.8. The van der Waals surface area contributed by atoms with Gasteiger partial charge in [-0.05, 0) is 43.0 Å². The molecule has 2 aliphatic rings. The van der Waals surface area contributed by atoms with Gasteiger partial charge in [0, 0.05) is 37.0 Å². The lowest BCUT2D eigenvalue weighted by Gasteiger charge is -2.50. The number of pyridine rings is 1. The van der Waals surface area contributed by atoms with E-state index in [4.69, 9.17) is 0 Å². The molecule has 0 spiro atoms. The van der Waals surface area contributed by atoms with E-state index >= 15 is 0 Å². The van der Waals surface area contributed by atoms with Gasteiger partial charge in [0.1, 0.15) is 5.41 Å². The molecule has 0 bridgehead atoms. The van der Waals surface area contributed by atoms with Crippen LogP contribution in [0.15, 0.2) is 42.6 Å². The fourth-order valence-electron chi connectivity index (χ4n) is 4.32. The van der Waals surface area contributed by atoms with Crippen molar-refractivity contribution in [2.75, 3.05) is 11.4 Å². The van der Waals surface area contributed by atoms with Crippen LogP contribution in [0, 0.1) is 21.4 Å². The summed E-state index contributed by atoms with van der Waals surface area (Å²) in [7, 11) is 0. The first-order chi connectivity index (χ1) is 12.2. The molecule has 2 atom stereocenters. The number of rotatable bonds is 2. The molecule has 0 aliphatic carbocycles. The molecule has 2 aliphatic heterocycles. The summed E-state index contributed by atoms with van der Waals surface area (Å²) in [6, 6.07) is 13.3. The number of nitro benzene ring substituents is 1. The van der Waals surface area contributed by atoms with Crippen molar-refractivity contribution in [1.29, 1.82) is 5.26 Å². The Morgan fingerprint density at radius 2 is 2.20 bits per heavy atom. The maximum atomic E-state index is 11.2. The number of nitrogens with zero attached hydrogens (tertiary/aromatic N) is 4. The molecule has 0 saturated carbocycles. The molecule has 2 aromatic rings. The van der Waals surface area contributed by atoms with Crippen LogP contribution in [0.2, 0.25) is 0 Å². The average molecular weight is 334 g/mol. The fourth-order valence-corrected chi connectivity index (χ4v) is 4.32. The number of nitro groups is 1. The maximum Gasteiger partial charge on any atom is 0.269 e. The van der Waals surface area contributed by atoms with Crippen molar-refractivity contribution in [3.63, 3.8) is 0 Å². The molecule has 1 fully saturated rings. The lowest BCUT2D eigenvalue weighted by atomic mass is 9.67. The van der Waals surface area contributed by atoms with Crippen LogP contribution in [-0.4, -0.2) is 22.5 Å². The van der Waals surface area contributed by atoms with Crippen LogP contribution in [0.25, 0.3) is 0 Å². The predicted octanol–water partition coefficient (Wildman–Crippen LogP) is 3.37. The van der Waals surface area contributed by atoms with E-state index < -0.39 is 5.41 Å². The smallest absolute Gasteiger partial charge is 0.269 e. The van der Waals surface area contributed by atoms with Gasteiger partial charge in [0.25, 0.3) is 5.69 Å². The predicted molar refractivity (Wildman–Crippen MR) is 93.3 cm³/mol. The molecule has 25 heavy (non-hydrogen) atoms. The van der Waals surface area contributed by atoms with E-state index in [1.807, 2.05) is 24.3 Å². The van der Waals surface area contributed by atoms with Gasteiger partial charge in [0.15, 0.2) is 0 Å². The first-order valence-corrected chi connectivity index (χ1v) is 8.52. The van der Waals surface area contributed by atoms with Crippen LogP contribution in [0.5, 0.6) is 0 Å². The van der Waals surface area contributed by atoms with E-state index in [-0.39, 0.29) is 16.7 Å². The molecule has 126 valence electrons.